The van der Waals surface area contributed by atoms with Crippen LogP contribution < -0.4 is 5.46 Å². The summed E-state index contributed by atoms with van der Waals surface area (Å²) in [6, 6.07) is 1.77. The molecule has 0 saturated carbocycles. The predicted octanol–water partition coefficient (Wildman–Crippen LogP) is 0.349. The standard InChI is InChI=1S/C13H18BNO5/c1-3-4-5-11-6-10(9-18-11)14-19-12(16)7-15(2)8-13(17)20-14/h6,9H,3-5,7-8H2,1-2H3. The van der Waals surface area contributed by atoms with E-state index in [-0.39, 0.29) is 13.1 Å². The first kappa shape index (κ1) is 14.6. The molecule has 20 heavy (non-hydrogen) atoms. The minimum Gasteiger partial charge on any atom is -0.494 e. The zero-order valence-electron chi connectivity index (χ0n) is 11.8. The molecule has 0 N–H and O–H groups in total. The SMILES string of the molecule is CCCCc1cc(B2OC(=O)CN(C)CC(=O)O2)co1. The van der Waals surface area contributed by atoms with Gasteiger partial charge in [0.15, 0.2) is 0 Å². The smallest absolute Gasteiger partial charge is 0.494 e. The molecule has 1 saturated heterocycles. The highest BCUT2D eigenvalue weighted by molar-refractivity contribution is 6.64. The Bertz CT molecular complexity index is 467. The highest BCUT2D eigenvalue weighted by atomic mass is 16.6. The number of carbonyl (C=O) groups excluding carboxylic acids is 2. The third kappa shape index (κ3) is 3.87. The summed E-state index contributed by atoms with van der Waals surface area (Å²) in [4.78, 5) is 24.8. The van der Waals surface area contributed by atoms with Crippen LogP contribution in [0.1, 0.15) is 25.5 Å². The topological polar surface area (TPSA) is 69.0 Å². The van der Waals surface area contributed by atoms with Crippen LogP contribution in [0.5, 0.6) is 0 Å². The molecule has 0 unspecified atom stereocenters. The molecule has 108 valence electrons. The lowest BCUT2D eigenvalue weighted by atomic mass is 9.80. The van der Waals surface area contributed by atoms with Gasteiger partial charge in [0.2, 0.25) is 0 Å². The zero-order valence-corrected chi connectivity index (χ0v) is 11.8. The number of rotatable bonds is 4. The van der Waals surface area contributed by atoms with Crippen LogP contribution in [0, 0.1) is 0 Å². The highest BCUT2D eigenvalue weighted by Gasteiger charge is 2.35. The lowest BCUT2D eigenvalue weighted by Gasteiger charge is -2.21. The summed E-state index contributed by atoms with van der Waals surface area (Å²) in [5.41, 5.74) is 0.558. The van der Waals surface area contributed by atoms with Crippen molar-refractivity contribution in [2.45, 2.75) is 26.2 Å². The van der Waals surface area contributed by atoms with Crippen LogP contribution in [0.2, 0.25) is 0 Å². The third-order valence-electron chi connectivity index (χ3n) is 3.00. The van der Waals surface area contributed by atoms with Crippen molar-refractivity contribution < 1.29 is 23.3 Å². The second-order valence-corrected chi connectivity index (χ2v) is 4.93. The Labute approximate surface area is 118 Å². The third-order valence-corrected chi connectivity index (χ3v) is 3.00. The van der Waals surface area contributed by atoms with Crippen LogP contribution in [0.25, 0.3) is 0 Å². The molecule has 7 heteroatoms. The summed E-state index contributed by atoms with van der Waals surface area (Å²) in [7, 11) is 0.645. The molecule has 1 aliphatic heterocycles. The minimum atomic E-state index is -1.01. The number of furan rings is 1. The fourth-order valence-electron chi connectivity index (χ4n) is 1.97. The molecule has 0 spiro atoms. The summed E-state index contributed by atoms with van der Waals surface area (Å²) >= 11 is 0. The van der Waals surface area contributed by atoms with Crippen molar-refractivity contribution in [1.29, 1.82) is 0 Å². The van der Waals surface area contributed by atoms with E-state index in [1.54, 1.807) is 18.0 Å². The van der Waals surface area contributed by atoms with Gasteiger partial charge in [-0.3, -0.25) is 14.5 Å². The highest BCUT2D eigenvalue weighted by Crippen LogP contribution is 2.07. The number of likely N-dealkylation sites (N-methyl/N-ethyl adjacent to an activating group) is 1. The van der Waals surface area contributed by atoms with Gasteiger partial charge in [-0.1, -0.05) is 13.3 Å². The first-order chi connectivity index (χ1) is 9.58. The molecule has 1 aromatic rings. The molecule has 2 rings (SSSR count). The molecule has 0 atom stereocenters. The molecular weight excluding hydrogens is 261 g/mol. The second kappa shape index (κ2) is 6.61. The van der Waals surface area contributed by atoms with Crippen LogP contribution in [0.15, 0.2) is 16.7 Å². The van der Waals surface area contributed by atoms with Crippen LogP contribution >= 0.6 is 0 Å². The van der Waals surface area contributed by atoms with Gasteiger partial charge in [-0.25, -0.2) is 0 Å². The maximum atomic E-state index is 11.6. The lowest BCUT2D eigenvalue weighted by molar-refractivity contribution is -0.145. The fraction of sp³-hybridized carbons (Fsp3) is 0.538. The zero-order chi connectivity index (χ0) is 14.5. The number of nitrogens with zero attached hydrogens (tertiary/aromatic N) is 1. The Balaban J connectivity index is 2.07. The summed E-state index contributed by atoms with van der Waals surface area (Å²) in [5.74, 6) is -0.0595. The van der Waals surface area contributed by atoms with Crippen LogP contribution in [-0.2, 0) is 25.3 Å². The van der Waals surface area contributed by atoms with Gasteiger partial charge in [-0.05, 0) is 19.5 Å². The molecule has 0 aliphatic carbocycles. The fourth-order valence-corrected chi connectivity index (χ4v) is 1.97. The van der Waals surface area contributed by atoms with Gasteiger partial charge < -0.3 is 13.7 Å². The monoisotopic (exact) mass is 279 g/mol. The normalized spacial score (nSPS) is 17.4. The molecule has 1 aromatic heterocycles. The van der Waals surface area contributed by atoms with Crippen LogP contribution in [-0.4, -0.2) is 44.1 Å². The van der Waals surface area contributed by atoms with Gasteiger partial charge in [0.25, 0.3) is 0 Å². The Kier molecular flexibility index (Phi) is 4.84. The van der Waals surface area contributed by atoms with E-state index in [2.05, 4.69) is 6.92 Å². The Morgan fingerprint density at radius 1 is 1.25 bits per heavy atom. The first-order valence-corrected chi connectivity index (χ1v) is 6.73. The average molecular weight is 279 g/mol. The lowest BCUT2D eigenvalue weighted by Crippen LogP contribution is -2.47. The Hall–Kier alpha value is -1.76. The van der Waals surface area contributed by atoms with E-state index in [9.17, 15) is 9.59 Å². The first-order valence-electron chi connectivity index (χ1n) is 6.73. The predicted molar refractivity (Wildman–Crippen MR) is 72.4 cm³/mol. The van der Waals surface area contributed by atoms with Crippen molar-refractivity contribution in [3.63, 3.8) is 0 Å². The summed E-state index contributed by atoms with van der Waals surface area (Å²) in [5, 5.41) is 0. The van der Waals surface area contributed by atoms with Crippen molar-refractivity contribution in [2.24, 2.45) is 0 Å². The quantitative estimate of drug-likeness (QED) is 0.741. The average Bonchev–Trinajstić information content (AvgIpc) is 2.82. The molecule has 6 nitrogen and oxygen atoms in total. The van der Waals surface area contributed by atoms with Crippen LogP contribution in [0.3, 0.4) is 0 Å². The Morgan fingerprint density at radius 2 is 1.90 bits per heavy atom. The van der Waals surface area contributed by atoms with Crippen molar-refractivity contribution >= 4 is 24.5 Å². The van der Waals surface area contributed by atoms with E-state index < -0.39 is 19.1 Å². The molecule has 0 aromatic carbocycles. The van der Waals surface area contributed by atoms with E-state index in [0.717, 1.165) is 25.0 Å². The Morgan fingerprint density at radius 3 is 2.50 bits per heavy atom. The molecule has 0 amide bonds. The maximum absolute atomic E-state index is 11.6. The second-order valence-electron chi connectivity index (χ2n) is 4.93. The summed E-state index contributed by atoms with van der Waals surface area (Å²) in [6.45, 7) is 2.22. The van der Waals surface area contributed by atoms with E-state index in [0.29, 0.717) is 5.46 Å². The van der Waals surface area contributed by atoms with Gasteiger partial charge in [-0.15, -0.1) is 0 Å². The number of hydrogen-bond acceptors (Lipinski definition) is 6. The van der Waals surface area contributed by atoms with E-state index >= 15 is 0 Å². The largest absolute Gasteiger partial charge is 0.639 e. The minimum absolute atomic E-state index is 0.0617. The van der Waals surface area contributed by atoms with E-state index in [1.807, 2.05) is 0 Å². The molecular formula is C13H18BNO5. The summed E-state index contributed by atoms with van der Waals surface area (Å²) < 4.78 is 15.7. The number of aryl methyl sites for hydroxylation is 1. The molecule has 2 heterocycles. The number of hydrogen-bond donors (Lipinski definition) is 0. The molecule has 0 bridgehead atoms. The molecule has 1 aliphatic rings. The number of unbranched alkanes of at least 4 members (excludes halogenated alkanes) is 1. The van der Waals surface area contributed by atoms with E-state index in [1.165, 1.54) is 6.26 Å². The van der Waals surface area contributed by atoms with Gasteiger partial charge in [-0.2, -0.15) is 0 Å². The van der Waals surface area contributed by atoms with Crippen molar-refractivity contribution in [3.8, 4) is 0 Å². The van der Waals surface area contributed by atoms with Gasteiger partial charge >= 0.3 is 19.1 Å². The molecule has 1 fully saturated rings. The van der Waals surface area contributed by atoms with Gasteiger partial charge in [0.05, 0.1) is 24.8 Å². The summed E-state index contributed by atoms with van der Waals surface area (Å²) in [6.07, 6.45) is 4.37. The molecule has 0 radical (unpaired) electrons. The van der Waals surface area contributed by atoms with Crippen molar-refractivity contribution in [1.82, 2.24) is 4.90 Å². The van der Waals surface area contributed by atoms with Crippen molar-refractivity contribution in [2.75, 3.05) is 20.1 Å². The van der Waals surface area contributed by atoms with Gasteiger partial charge in [0.1, 0.15) is 5.76 Å². The maximum Gasteiger partial charge on any atom is 0.639 e. The number of carbonyl (C=O) groups is 2. The van der Waals surface area contributed by atoms with E-state index in [4.69, 9.17) is 13.7 Å². The van der Waals surface area contributed by atoms with Crippen molar-refractivity contribution in [3.05, 3.63) is 18.1 Å². The van der Waals surface area contributed by atoms with Gasteiger partial charge in [0, 0.05) is 6.42 Å². The van der Waals surface area contributed by atoms with Crippen LogP contribution in [0.4, 0.5) is 0 Å².